The van der Waals surface area contributed by atoms with Gasteiger partial charge in [0.25, 0.3) is 0 Å². The van der Waals surface area contributed by atoms with Crippen LogP contribution in [0.2, 0.25) is 0 Å². The molecule has 0 atom stereocenters. The number of aliphatic imine (C=N–C) groups is 1. The second-order valence-electron chi connectivity index (χ2n) is 6.59. The van der Waals surface area contributed by atoms with Crippen molar-refractivity contribution in [2.24, 2.45) is 4.99 Å². The Morgan fingerprint density at radius 3 is 2.70 bits per heavy atom. The lowest BCUT2D eigenvalue weighted by atomic mass is 10.0. The van der Waals surface area contributed by atoms with Gasteiger partial charge in [-0.05, 0) is 12.8 Å². The lowest BCUT2D eigenvalue weighted by molar-refractivity contribution is 0.0511. The average molecular weight is 321 g/mol. The lowest BCUT2D eigenvalue weighted by Gasteiger charge is -2.37. The number of hydrogen-bond acceptors (Lipinski definition) is 5. The van der Waals surface area contributed by atoms with Crippen LogP contribution in [0.25, 0.3) is 0 Å². The number of guanidine groups is 1. The molecular formula is C16H27N5O2. The molecule has 7 heteroatoms. The maximum absolute atomic E-state index is 10.5. The number of nitrogens with one attached hydrogen (secondary N) is 1. The topological polar surface area (TPSA) is 77.1 Å². The van der Waals surface area contributed by atoms with Crippen molar-refractivity contribution in [3.63, 3.8) is 0 Å². The van der Waals surface area contributed by atoms with E-state index in [1.54, 1.807) is 6.26 Å². The molecule has 0 radical (unpaired) electrons. The van der Waals surface area contributed by atoms with E-state index in [1.165, 1.54) is 0 Å². The van der Waals surface area contributed by atoms with Crippen molar-refractivity contribution in [3.05, 3.63) is 18.0 Å². The Hall–Kier alpha value is -1.60. The first kappa shape index (κ1) is 16.3. The number of aromatic nitrogens is 1. The Morgan fingerprint density at radius 2 is 2.09 bits per heavy atom. The fourth-order valence-electron chi connectivity index (χ4n) is 3.45. The first-order chi connectivity index (χ1) is 11.2. The predicted molar refractivity (Wildman–Crippen MR) is 88.1 cm³/mol. The molecule has 7 nitrogen and oxygen atoms in total. The predicted octanol–water partition coefficient (Wildman–Crippen LogP) is 0.673. The summed E-state index contributed by atoms with van der Waals surface area (Å²) in [6.45, 7) is 5.22. The second kappa shape index (κ2) is 7.31. The van der Waals surface area contributed by atoms with Crippen LogP contribution in [0.3, 0.4) is 0 Å². The molecule has 1 aliphatic heterocycles. The molecule has 0 amide bonds. The van der Waals surface area contributed by atoms with E-state index in [0.717, 1.165) is 70.1 Å². The Bertz CT molecular complexity index is 503. The van der Waals surface area contributed by atoms with Gasteiger partial charge in [0, 0.05) is 52.4 Å². The molecule has 1 saturated heterocycles. The monoisotopic (exact) mass is 321 g/mol. The van der Waals surface area contributed by atoms with Crippen molar-refractivity contribution < 1.29 is 9.63 Å². The number of hydrogen-bond donors (Lipinski definition) is 2. The zero-order chi connectivity index (χ0) is 16.1. The van der Waals surface area contributed by atoms with E-state index < -0.39 is 5.60 Å². The van der Waals surface area contributed by atoms with E-state index in [1.807, 2.05) is 13.1 Å². The summed E-state index contributed by atoms with van der Waals surface area (Å²) in [4.78, 5) is 9.01. The fraction of sp³-hybridized carbons (Fsp3) is 0.750. The van der Waals surface area contributed by atoms with Gasteiger partial charge in [-0.25, -0.2) is 0 Å². The van der Waals surface area contributed by atoms with E-state index in [2.05, 4.69) is 25.3 Å². The quantitative estimate of drug-likeness (QED) is 0.627. The highest BCUT2D eigenvalue weighted by Crippen LogP contribution is 2.28. The van der Waals surface area contributed by atoms with Crippen LogP contribution in [0.15, 0.2) is 21.8 Å². The molecule has 3 rings (SSSR count). The van der Waals surface area contributed by atoms with Gasteiger partial charge in [0.1, 0.15) is 6.26 Å². The normalized spacial score (nSPS) is 22.5. The molecule has 2 aliphatic rings. The Balaban J connectivity index is 1.45. The third-order valence-electron chi connectivity index (χ3n) is 4.87. The van der Waals surface area contributed by atoms with Gasteiger partial charge in [-0.1, -0.05) is 18.0 Å². The largest absolute Gasteiger partial charge is 0.388 e. The molecule has 1 aliphatic carbocycles. The molecule has 23 heavy (non-hydrogen) atoms. The van der Waals surface area contributed by atoms with Crippen molar-refractivity contribution in [2.75, 3.05) is 39.8 Å². The van der Waals surface area contributed by atoms with Gasteiger partial charge in [-0.2, -0.15) is 0 Å². The minimum Gasteiger partial charge on any atom is -0.388 e. The minimum atomic E-state index is -0.551. The van der Waals surface area contributed by atoms with Crippen molar-refractivity contribution in [1.82, 2.24) is 20.3 Å². The van der Waals surface area contributed by atoms with E-state index in [-0.39, 0.29) is 0 Å². The molecule has 1 aromatic rings. The van der Waals surface area contributed by atoms with Gasteiger partial charge in [-0.15, -0.1) is 0 Å². The molecule has 1 aromatic heterocycles. The number of nitrogens with zero attached hydrogens (tertiary/aromatic N) is 4. The highest BCUT2D eigenvalue weighted by Gasteiger charge is 2.31. The Kier molecular flexibility index (Phi) is 5.17. The summed E-state index contributed by atoms with van der Waals surface area (Å²) in [6, 6.07) is 1.91. The van der Waals surface area contributed by atoms with Crippen LogP contribution in [0, 0.1) is 0 Å². The maximum atomic E-state index is 10.5. The van der Waals surface area contributed by atoms with Crippen LogP contribution in [-0.2, 0) is 6.54 Å². The van der Waals surface area contributed by atoms with Gasteiger partial charge in [0.2, 0.25) is 0 Å². The third kappa shape index (κ3) is 4.23. The molecule has 0 spiro atoms. The van der Waals surface area contributed by atoms with Crippen LogP contribution >= 0.6 is 0 Å². The average Bonchev–Trinajstić information content (AvgIpc) is 3.22. The molecule has 0 bridgehead atoms. The van der Waals surface area contributed by atoms with Crippen molar-refractivity contribution >= 4 is 5.96 Å². The summed E-state index contributed by atoms with van der Waals surface area (Å²) in [5.74, 6) is 0.895. The summed E-state index contributed by atoms with van der Waals surface area (Å²) in [6.07, 6.45) is 5.64. The Morgan fingerprint density at radius 1 is 1.35 bits per heavy atom. The molecular weight excluding hydrogens is 294 g/mol. The van der Waals surface area contributed by atoms with Gasteiger partial charge in [-0.3, -0.25) is 9.89 Å². The standard InChI is InChI=1S/C16H27N5O2/c1-17-15(18-13-16(22)5-2-3-6-16)21-9-7-20(8-10-21)12-14-4-11-23-19-14/h4,11,22H,2-3,5-10,12-13H2,1H3,(H,17,18). The van der Waals surface area contributed by atoms with Gasteiger partial charge < -0.3 is 19.8 Å². The van der Waals surface area contributed by atoms with Crippen molar-refractivity contribution in [2.45, 2.75) is 37.8 Å². The first-order valence-corrected chi connectivity index (χ1v) is 8.48. The zero-order valence-electron chi connectivity index (χ0n) is 13.9. The number of aliphatic hydroxyl groups is 1. The summed E-state index contributed by atoms with van der Waals surface area (Å²) in [5, 5.41) is 17.8. The van der Waals surface area contributed by atoms with Crippen molar-refractivity contribution in [1.29, 1.82) is 0 Å². The minimum absolute atomic E-state index is 0.551. The van der Waals surface area contributed by atoms with E-state index in [0.29, 0.717) is 6.54 Å². The van der Waals surface area contributed by atoms with Gasteiger partial charge in [0.15, 0.2) is 5.96 Å². The lowest BCUT2D eigenvalue weighted by Crippen LogP contribution is -2.54. The van der Waals surface area contributed by atoms with Gasteiger partial charge >= 0.3 is 0 Å². The number of rotatable bonds is 4. The molecule has 128 valence electrons. The van der Waals surface area contributed by atoms with Crippen LogP contribution in [0.1, 0.15) is 31.4 Å². The van der Waals surface area contributed by atoms with Crippen LogP contribution in [0.4, 0.5) is 0 Å². The molecule has 1 saturated carbocycles. The smallest absolute Gasteiger partial charge is 0.193 e. The molecule has 0 unspecified atom stereocenters. The second-order valence-corrected chi connectivity index (χ2v) is 6.59. The summed E-state index contributed by atoms with van der Waals surface area (Å²) >= 11 is 0. The first-order valence-electron chi connectivity index (χ1n) is 8.48. The molecule has 2 fully saturated rings. The fourth-order valence-corrected chi connectivity index (χ4v) is 3.45. The van der Waals surface area contributed by atoms with Gasteiger partial charge in [0.05, 0.1) is 11.3 Å². The number of piperazine rings is 1. The SMILES string of the molecule is CN=C(NCC1(O)CCCC1)N1CCN(Cc2ccon2)CC1. The van der Waals surface area contributed by atoms with Crippen molar-refractivity contribution in [3.8, 4) is 0 Å². The third-order valence-corrected chi connectivity index (χ3v) is 4.87. The van der Waals surface area contributed by atoms with Crippen LogP contribution in [-0.4, -0.2) is 71.4 Å². The summed E-state index contributed by atoms with van der Waals surface area (Å²) in [7, 11) is 1.81. The summed E-state index contributed by atoms with van der Waals surface area (Å²) in [5.41, 5.74) is 0.425. The maximum Gasteiger partial charge on any atom is 0.193 e. The molecule has 2 heterocycles. The highest BCUT2D eigenvalue weighted by molar-refractivity contribution is 5.80. The van der Waals surface area contributed by atoms with E-state index in [9.17, 15) is 5.11 Å². The zero-order valence-corrected chi connectivity index (χ0v) is 13.9. The highest BCUT2D eigenvalue weighted by atomic mass is 16.5. The van der Waals surface area contributed by atoms with Crippen LogP contribution in [0.5, 0.6) is 0 Å². The van der Waals surface area contributed by atoms with E-state index in [4.69, 9.17) is 4.52 Å². The summed E-state index contributed by atoms with van der Waals surface area (Å²) < 4.78 is 4.88. The van der Waals surface area contributed by atoms with E-state index >= 15 is 0 Å². The molecule has 0 aromatic carbocycles. The molecule has 2 N–H and O–H groups in total. The Labute approximate surface area is 137 Å². The van der Waals surface area contributed by atoms with Crippen LogP contribution < -0.4 is 5.32 Å².